The fourth-order valence-electron chi connectivity index (χ4n) is 2.64. The Kier molecular flexibility index (Phi) is 5.31. The first-order valence-electron chi connectivity index (χ1n) is 8.43. The van der Waals surface area contributed by atoms with Crippen LogP contribution in [-0.4, -0.2) is 38.2 Å². The molecule has 2 aromatic heterocycles. The van der Waals surface area contributed by atoms with E-state index < -0.39 is 0 Å². The van der Waals surface area contributed by atoms with Gasteiger partial charge in [0, 0.05) is 17.5 Å². The third-order valence-corrected chi connectivity index (χ3v) is 5.70. The normalized spacial score (nSPS) is 12.2. The maximum absolute atomic E-state index is 12.2. The zero-order valence-corrected chi connectivity index (χ0v) is 16.7. The van der Waals surface area contributed by atoms with Gasteiger partial charge in [0.05, 0.1) is 11.4 Å². The third kappa shape index (κ3) is 3.87. The Labute approximate surface area is 169 Å². The number of hydrogen-bond donors (Lipinski definition) is 1. The smallest absolute Gasteiger partial charge is 0.236 e. The predicted octanol–water partition coefficient (Wildman–Crippen LogP) is 3.36. The van der Waals surface area contributed by atoms with Crippen molar-refractivity contribution in [3.05, 3.63) is 41.9 Å². The van der Waals surface area contributed by atoms with Gasteiger partial charge >= 0.3 is 0 Å². The molecule has 1 aliphatic rings. The van der Waals surface area contributed by atoms with Crippen LogP contribution in [0.15, 0.2) is 41.4 Å². The number of nitrogens with one attached hydrogen (secondary N) is 1. The van der Waals surface area contributed by atoms with Crippen molar-refractivity contribution < 1.29 is 14.3 Å². The van der Waals surface area contributed by atoms with Gasteiger partial charge in [-0.15, -0.1) is 28.1 Å². The lowest BCUT2D eigenvalue weighted by Crippen LogP contribution is -2.14. The molecule has 0 unspecified atom stereocenters. The molecule has 0 atom stereocenters. The lowest BCUT2D eigenvalue weighted by molar-refractivity contribution is -0.113. The molecule has 8 nitrogen and oxygen atoms in total. The van der Waals surface area contributed by atoms with Gasteiger partial charge in [0.2, 0.25) is 12.7 Å². The molecule has 0 saturated heterocycles. The van der Waals surface area contributed by atoms with Crippen molar-refractivity contribution in [1.82, 2.24) is 19.7 Å². The van der Waals surface area contributed by atoms with Crippen LogP contribution in [0, 0.1) is 6.92 Å². The van der Waals surface area contributed by atoms with Crippen molar-refractivity contribution in [1.29, 1.82) is 0 Å². The highest BCUT2D eigenvalue weighted by Crippen LogP contribution is 2.36. The number of fused-ring (bicyclic) bond motifs is 1. The van der Waals surface area contributed by atoms with E-state index in [1.54, 1.807) is 6.08 Å². The monoisotopic (exact) mass is 415 g/mol. The molecule has 0 spiro atoms. The molecule has 0 bridgehead atoms. The minimum Gasteiger partial charge on any atom is -0.454 e. The molecule has 10 heteroatoms. The molecule has 3 aromatic rings. The number of carbonyl (C=O) groups is 1. The number of thiazole rings is 1. The van der Waals surface area contributed by atoms with Crippen LogP contribution in [0.3, 0.4) is 0 Å². The van der Waals surface area contributed by atoms with Crippen LogP contribution in [0.5, 0.6) is 11.5 Å². The van der Waals surface area contributed by atoms with Crippen LogP contribution in [0.25, 0.3) is 11.4 Å². The molecule has 4 rings (SSSR count). The molecule has 3 heterocycles. The van der Waals surface area contributed by atoms with Crippen molar-refractivity contribution in [2.24, 2.45) is 0 Å². The Balaban J connectivity index is 1.50. The van der Waals surface area contributed by atoms with E-state index in [-0.39, 0.29) is 18.5 Å². The quantitative estimate of drug-likeness (QED) is 0.467. The van der Waals surface area contributed by atoms with Gasteiger partial charge in [-0.05, 0) is 25.1 Å². The molecule has 1 aromatic carbocycles. The number of rotatable bonds is 7. The van der Waals surface area contributed by atoms with Gasteiger partial charge in [0.15, 0.2) is 27.6 Å². The second-order valence-corrected chi connectivity index (χ2v) is 7.70. The summed E-state index contributed by atoms with van der Waals surface area (Å²) in [6.07, 6.45) is 1.77. The van der Waals surface area contributed by atoms with Gasteiger partial charge in [-0.1, -0.05) is 17.8 Å². The number of anilines is 1. The van der Waals surface area contributed by atoms with E-state index in [9.17, 15) is 4.79 Å². The second-order valence-electron chi connectivity index (χ2n) is 5.90. The first-order valence-corrected chi connectivity index (χ1v) is 10.3. The van der Waals surface area contributed by atoms with Crippen molar-refractivity contribution >= 4 is 34.1 Å². The van der Waals surface area contributed by atoms with E-state index in [0.29, 0.717) is 34.2 Å². The number of benzene rings is 1. The molecular weight excluding hydrogens is 398 g/mol. The van der Waals surface area contributed by atoms with E-state index in [1.165, 1.54) is 23.1 Å². The summed E-state index contributed by atoms with van der Waals surface area (Å²) in [7, 11) is 0. The second kappa shape index (κ2) is 8.03. The molecule has 1 aliphatic heterocycles. The van der Waals surface area contributed by atoms with E-state index in [1.807, 2.05) is 35.1 Å². The van der Waals surface area contributed by atoms with Gasteiger partial charge in [-0.2, -0.15) is 0 Å². The molecule has 0 fully saturated rings. The molecule has 0 aliphatic carbocycles. The Morgan fingerprint density at radius 1 is 1.39 bits per heavy atom. The average Bonchev–Trinajstić information content (AvgIpc) is 3.40. The van der Waals surface area contributed by atoms with Crippen molar-refractivity contribution in [3.8, 4) is 22.9 Å². The maximum atomic E-state index is 12.2. The number of amides is 1. The van der Waals surface area contributed by atoms with E-state index in [2.05, 4.69) is 27.1 Å². The van der Waals surface area contributed by atoms with Crippen LogP contribution < -0.4 is 14.8 Å². The highest BCUT2D eigenvalue weighted by molar-refractivity contribution is 7.99. The molecule has 144 valence electrons. The fraction of sp³-hybridized carbons (Fsp3) is 0.222. The molecule has 28 heavy (non-hydrogen) atoms. The summed E-state index contributed by atoms with van der Waals surface area (Å²) in [5, 5.41) is 14.5. The molecule has 1 N–H and O–H groups in total. The summed E-state index contributed by atoms with van der Waals surface area (Å²) in [6, 6.07) is 5.63. The van der Waals surface area contributed by atoms with Crippen LogP contribution in [0.1, 0.15) is 5.69 Å². The fourth-order valence-corrected chi connectivity index (χ4v) is 4.09. The van der Waals surface area contributed by atoms with Crippen LogP contribution in [0.4, 0.5) is 5.13 Å². The number of hydrogen-bond acceptors (Lipinski definition) is 8. The molecular formula is C18H17N5O3S2. The highest BCUT2D eigenvalue weighted by atomic mass is 32.2. The first-order chi connectivity index (χ1) is 13.6. The topological polar surface area (TPSA) is 91.2 Å². The minimum absolute atomic E-state index is 0.142. The lowest BCUT2D eigenvalue weighted by Gasteiger charge is -2.08. The van der Waals surface area contributed by atoms with Crippen LogP contribution >= 0.6 is 23.1 Å². The van der Waals surface area contributed by atoms with E-state index in [4.69, 9.17) is 9.47 Å². The van der Waals surface area contributed by atoms with Crippen molar-refractivity contribution in [3.63, 3.8) is 0 Å². The summed E-state index contributed by atoms with van der Waals surface area (Å²) in [5.41, 5.74) is 1.74. The average molecular weight is 416 g/mol. The maximum Gasteiger partial charge on any atom is 0.236 e. The molecule has 0 saturated carbocycles. The van der Waals surface area contributed by atoms with Crippen molar-refractivity contribution in [2.75, 3.05) is 17.9 Å². The zero-order valence-electron chi connectivity index (χ0n) is 15.0. The van der Waals surface area contributed by atoms with E-state index >= 15 is 0 Å². The number of ether oxygens (including phenoxy) is 2. The van der Waals surface area contributed by atoms with Gasteiger partial charge < -0.3 is 14.8 Å². The number of aromatic nitrogens is 4. The first kappa shape index (κ1) is 18.5. The summed E-state index contributed by atoms with van der Waals surface area (Å²) in [4.78, 5) is 16.4. The third-order valence-electron chi connectivity index (χ3n) is 3.86. The van der Waals surface area contributed by atoms with Crippen LogP contribution in [-0.2, 0) is 11.3 Å². The Morgan fingerprint density at radius 2 is 2.25 bits per heavy atom. The van der Waals surface area contributed by atoms with E-state index in [0.717, 1.165) is 11.3 Å². The largest absolute Gasteiger partial charge is 0.454 e. The number of carbonyl (C=O) groups excluding carboxylic acids is 1. The number of aryl methyl sites for hydroxylation is 1. The standard InChI is InChI=1S/C18H17N5O3S2/c1-3-6-23-16(12-4-5-13-14(7-12)26-10-25-13)21-22-18(23)28-9-15(24)20-17-19-11(2)8-27-17/h3-5,7-8H,1,6,9-10H2,2H3,(H,19,20,24). The summed E-state index contributed by atoms with van der Waals surface area (Å²) < 4.78 is 12.7. The summed E-state index contributed by atoms with van der Waals surface area (Å²) >= 11 is 2.71. The highest BCUT2D eigenvalue weighted by Gasteiger charge is 2.19. The lowest BCUT2D eigenvalue weighted by atomic mass is 10.2. The Hall–Kier alpha value is -2.85. The summed E-state index contributed by atoms with van der Waals surface area (Å²) in [5.74, 6) is 2.13. The van der Waals surface area contributed by atoms with Gasteiger partial charge in [0.25, 0.3) is 0 Å². The molecule has 1 amide bonds. The molecule has 0 radical (unpaired) electrons. The van der Waals surface area contributed by atoms with Gasteiger partial charge in [-0.3, -0.25) is 9.36 Å². The summed E-state index contributed by atoms with van der Waals surface area (Å²) in [6.45, 7) is 6.43. The number of allylic oxidation sites excluding steroid dienone is 1. The van der Waals surface area contributed by atoms with Gasteiger partial charge in [-0.25, -0.2) is 4.98 Å². The van der Waals surface area contributed by atoms with Gasteiger partial charge in [0.1, 0.15) is 0 Å². The minimum atomic E-state index is -0.142. The van der Waals surface area contributed by atoms with Crippen LogP contribution in [0.2, 0.25) is 0 Å². The Morgan fingerprint density at radius 3 is 3.04 bits per heavy atom. The predicted molar refractivity (Wildman–Crippen MR) is 108 cm³/mol. The SMILES string of the molecule is C=CCn1c(SCC(=O)Nc2nc(C)cs2)nnc1-c1ccc2c(c1)OCO2. The number of nitrogens with zero attached hydrogens (tertiary/aromatic N) is 4. The Bertz CT molecular complexity index is 1030. The number of thioether (sulfide) groups is 1. The zero-order chi connectivity index (χ0) is 19.5. The van der Waals surface area contributed by atoms with Crippen molar-refractivity contribution in [2.45, 2.75) is 18.6 Å².